The molecule has 3 fully saturated rings. The Morgan fingerprint density at radius 1 is 0.718 bits per heavy atom. The molecule has 3 aliphatic heterocycles. The lowest BCUT2D eigenvalue weighted by Gasteiger charge is -2.44. The maximum absolute atomic E-state index is 13.3. The molecule has 0 aromatic heterocycles. The molecule has 3 aliphatic rings. The van der Waals surface area contributed by atoms with E-state index in [1.54, 1.807) is 13.8 Å². The van der Waals surface area contributed by atoms with Gasteiger partial charge in [-0.1, -0.05) is 0 Å². The van der Waals surface area contributed by atoms with Crippen LogP contribution in [0.15, 0.2) is 0 Å². The Hall–Kier alpha value is -2.65. The molecule has 0 amide bonds. The second kappa shape index (κ2) is 12.7. The van der Waals surface area contributed by atoms with Crippen molar-refractivity contribution in [2.45, 2.75) is 115 Å². The molecule has 0 N–H and O–H groups in total. The summed E-state index contributed by atoms with van der Waals surface area (Å²) in [6.07, 6.45) is -9.17. The van der Waals surface area contributed by atoms with Gasteiger partial charge in [0, 0.05) is 41.2 Å². The van der Waals surface area contributed by atoms with Gasteiger partial charge in [0.1, 0.15) is 31.0 Å². The van der Waals surface area contributed by atoms with Crippen molar-refractivity contribution >= 4 is 29.7 Å². The molecule has 0 unspecified atom stereocenters. The van der Waals surface area contributed by atoms with E-state index in [1.165, 1.54) is 14.0 Å². The summed E-state index contributed by atoms with van der Waals surface area (Å²) in [5, 5.41) is 0. The monoisotopic (exact) mass is 560 g/mol. The van der Waals surface area contributed by atoms with Crippen LogP contribution in [0.1, 0.15) is 54.4 Å². The first kappa shape index (κ1) is 30.9. The molecule has 0 radical (unpaired) electrons. The fourth-order valence-electron chi connectivity index (χ4n) is 4.99. The van der Waals surface area contributed by atoms with Crippen molar-refractivity contribution in [3.05, 3.63) is 0 Å². The largest absolute Gasteiger partial charge is 0.463 e. The minimum absolute atomic E-state index is 0.0168. The lowest BCUT2D eigenvalue weighted by molar-refractivity contribution is -0.253. The van der Waals surface area contributed by atoms with Gasteiger partial charge < -0.3 is 42.6 Å². The van der Waals surface area contributed by atoms with E-state index in [4.69, 9.17) is 42.6 Å². The number of ether oxygens (including phenoxy) is 9. The van der Waals surface area contributed by atoms with Gasteiger partial charge in [0.2, 0.25) is 0 Å². The van der Waals surface area contributed by atoms with Crippen molar-refractivity contribution in [3.8, 4) is 0 Å². The highest BCUT2D eigenvalue weighted by Crippen LogP contribution is 2.40. The zero-order chi connectivity index (χ0) is 29.1. The van der Waals surface area contributed by atoms with Crippen LogP contribution in [-0.4, -0.2) is 104 Å². The highest BCUT2D eigenvalue weighted by Gasteiger charge is 2.58. The summed E-state index contributed by atoms with van der Waals surface area (Å²) >= 11 is 0. The minimum atomic E-state index is -1.30. The number of carbonyl (C=O) groups is 5. The van der Waals surface area contributed by atoms with Gasteiger partial charge in [0.15, 0.2) is 36.2 Å². The van der Waals surface area contributed by atoms with Gasteiger partial charge in [-0.3, -0.25) is 24.0 Å². The van der Waals surface area contributed by atoms with Crippen LogP contribution in [0.25, 0.3) is 0 Å². The Morgan fingerprint density at radius 2 is 1.26 bits per heavy atom. The number of esters is 4. The molecule has 0 spiro atoms. The highest BCUT2D eigenvalue weighted by atomic mass is 16.8. The Labute approximate surface area is 225 Å². The van der Waals surface area contributed by atoms with Gasteiger partial charge in [-0.2, -0.15) is 0 Å². The predicted molar refractivity (Wildman–Crippen MR) is 126 cm³/mol. The number of Topliss-reactive ketones (excluding diaryl/α,β-unsaturated/α-hetero) is 1. The summed E-state index contributed by atoms with van der Waals surface area (Å²) in [7, 11) is 1.43. The molecule has 3 saturated heterocycles. The van der Waals surface area contributed by atoms with Crippen LogP contribution in [0.4, 0.5) is 0 Å². The van der Waals surface area contributed by atoms with Crippen LogP contribution in [-0.2, 0) is 66.6 Å². The third-order valence-corrected chi connectivity index (χ3v) is 6.32. The Balaban J connectivity index is 1.83. The van der Waals surface area contributed by atoms with E-state index in [2.05, 4.69) is 0 Å². The van der Waals surface area contributed by atoms with Crippen molar-refractivity contribution in [2.75, 3.05) is 13.7 Å². The van der Waals surface area contributed by atoms with Gasteiger partial charge in [-0.05, 0) is 20.3 Å². The molecule has 0 aromatic rings. The van der Waals surface area contributed by atoms with Crippen LogP contribution in [0.5, 0.6) is 0 Å². The van der Waals surface area contributed by atoms with Crippen molar-refractivity contribution < 1.29 is 66.6 Å². The number of ketones is 1. The number of hydrogen-bond acceptors (Lipinski definition) is 14. The number of hydrogen-bond donors (Lipinski definition) is 0. The molecular weight excluding hydrogens is 524 g/mol. The topological polar surface area (TPSA) is 168 Å². The van der Waals surface area contributed by atoms with Crippen LogP contribution in [0.2, 0.25) is 0 Å². The van der Waals surface area contributed by atoms with Gasteiger partial charge in [0.25, 0.3) is 0 Å². The molecule has 0 bridgehead atoms. The maximum atomic E-state index is 13.3. The molecule has 3 heterocycles. The summed E-state index contributed by atoms with van der Waals surface area (Å²) in [4.78, 5) is 60.6. The van der Waals surface area contributed by atoms with Crippen LogP contribution in [0.3, 0.4) is 0 Å². The summed E-state index contributed by atoms with van der Waals surface area (Å²) < 4.78 is 50.1. The SMILES string of the molecule is CO[C@H]1O[C@H](C(=O)CC[C@H]2O[C@H](COC(C)=O)[C@@H](OC(C)=O)[C@H](OC(C)=O)[C@@H]2OC(C)=O)[C@@H]2OC(C)(C)O[C@H]12. The van der Waals surface area contributed by atoms with Crippen LogP contribution < -0.4 is 0 Å². The predicted octanol–water partition coefficient (Wildman–Crippen LogP) is 0.353. The third-order valence-electron chi connectivity index (χ3n) is 6.32. The first-order chi connectivity index (χ1) is 18.2. The van der Waals surface area contributed by atoms with Gasteiger partial charge in [0.05, 0.1) is 6.10 Å². The van der Waals surface area contributed by atoms with Gasteiger partial charge in [-0.15, -0.1) is 0 Å². The summed E-state index contributed by atoms with van der Waals surface area (Å²) in [6, 6.07) is 0. The van der Waals surface area contributed by atoms with Crippen LogP contribution >= 0.6 is 0 Å². The van der Waals surface area contributed by atoms with E-state index in [9.17, 15) is 24.0 Å². The zero-order valence-corrected chi connectivity index (χ0v) is 23.0. The second-order valence-electron chi connectivity index (χ2n) is 9.97. The summed E-state index contributed by atoms with van der Waals surface area (Å²) in [5.41, 5.74) is 0. The molecular formula is C25H36O14. The van der Waals surface area contributed by atoms with E-state index in [0.29, 0.717) is 0 Å². The van der Waals surface area contributed by atoms with Crippen molar-refractivity contribution in [1.82, 2.24) is 0 Å². The van der Waals surface area contributed by atoms with Crippen molar-refractivity contribution in [3.63, 3.8) is 0 Å². The average Bonchev–Trinajstić information content (AvgIpc) is 3.31. The molecule has 0 saturated carbocycles. The third kappa shape index (κ3) is 7.72. The zero-order valence-electron chi connectivity index (χ0n) is 23.0. The lowest BCUT2D eigenvalue weighted by atomic mass is 9.90. The Bertz CT molecular complexity index is 947. The number of methoxy groups -OCH3 is 1. The standard InChI is InChI=1S/C25H36O14/c1-11(26)32-10-17-20(34-13(3)28)21(35-14(4)29)19(33-12(2)27)16(36-17)9-8-15(30)18-22-23(24(31-7)37-18)39-25(5,6)38-22/h16-24H,8-10H2,1-7H3/t16-,17-,18-,19-,20-,21-,22+,23+,24+/m1/s1. The lowest BCUT2D eigenvalue weighted by Crippen LogP contribution is -2.62. The quantitative estimate of drug-likeness (QED) is 0.265. The Kier molecular flexibility index (Phi) is 10.0. The molecule has 0 aliphatic carbocycles. The molecule has 0 aromatic carbocycles. The number of carbonyl (C=O) groups excluding carboxylic acids is 5. The fourth-order valence-corrected chi connectivity index (χ4v) is 4.99. The van der Waals surface area contributed by atoms with Crippen molar-refractivity contribution in [1.29, 1.82) is 0 Å². The first-order valence-electron chi connectivity index (χ1n) is 12.6. The second-order valence-corrected chi connectivity index (χ2v) is 9.97. The average molecular weight is 561 g/mol. The summed E-state index contributed by atoms with van der Waals surface area (Å²) in [6.45, 7) is 7.69. The molecule has 220 valence electrons. The normalized spacial score (nSPS) is 35.0. The highest BCUT2D eigenvalue weighted by molar-refractivity contribution is 5.84. The first-order valence-corrected chi connectivity index (χ1v) is 12.6. The minimum Gasteiger partial charge on any atom is -0.463 e. The van der Waals surface area contributed by atoms with E-state index in [-0.39, 0.29) is 25.2 Å². The number of rotatable bonds is 10. The molecule has 39 heavy (non-hydrogen) atoms. The molecule has 14 nitrogen and oxygen atoms in total. The maximum Gasteiger partial charge on any atom is 0.303 e. The Morgan fingerprint density at radius 3 is 1.79 bits per heavy atom. The van der Waals surface area contributed by atoms with Gasteiger partial charge in [-0.25, -0.2) is 0 Å². The molecule has 3 rings (SSSR count). The summed E-state index contributed by atoms with van der Waals surface area (Å²) in [5.74, 6) is -4.10. The molecule has 9 atom stereocenters. The van der Waals surface area contributed by atoms with E-state index in [0.717, 1.165) is 20.8 Å². The van der Waals surface area contributed by atoms with Crippen LogP contribution in [0, 0.1) is 0 Å². The van der Waals surface area contributed by atoms with E-state index in [1.807, 2.05) is 0 Å². The number of fused-ring (bicyclic) bond motifs is 1. The van der Waals surface area contributed by atoms with Gasteiger partial charge >= 0.3 is 23.9 Å². The van der Waals surface area contributed by atoms with Crippen molar-refractivity contribution in [2.24, 2.45) is 0 Å². The molecule has 14 heteroatoms. The van der Waals surface area contributed by atoms with E-state index < -0.39 is 84.8 Å². The smallest absolute Gasteiger partial charge is 0.303 e. The fraction of sp³-hybridized carbons (Fsp3) is 0.800. The van der Waals surface area contributed by atoms with E-state index >= 15 is 0 Å².